The summed E-state index contributed by atoms with van der Waals surface area (Å²) in [7, 11) is 1.62. The van der Waals surface area contributed by atoms with Crippen LogP contribution >= 0.6 is 12.2 Å². The third-order valence-corrected chi connectivity index (χ3v) is 3.47. The maximum absolute atomic E-state index is 12.5. The average molecular weight is 294 g/mol. The number of likely N-dealkylation sites (N-methyl/N-ethyl adjacent to an activating group) is 1. The largest absolute Gasteiger partial charge is 0.393 e. The molecule has 1 amide bonds. The Morgan fingerprint density at radius 1 is 1.40 bits per heavy atom. The van der Waals surface area contributed by atoms with E-state index in [-0.39, 0.29) is 10.9 Å². The van der Waals surface area contributed by atoms with E-state index in [2.05, 4.69) is 0 Å². The number of hydrogen-bond donors (Lipinski definition) is 1. The highest BCUT2D eigenvalue weighted by atomic mass is 32.1. The minimum atomic E-state index is -0.454. The smallest absolute Gasteiger partial charge is 0.232 e. The first-order valence-corrected chi connectivity index (χ1v) is 7.12. The lowest BCUT2D eigenvalue weighted by atomic mass is 9.98. The molecule has 0 aliphatic heterocycles. The van der Waals surface area contributed by atoms with Crippen molar-refractivity contribution in [1.82, 2.24) is 4.90 Å². The Kier molecular flexibility index (Phi) is 7.18. The van der Waals surface area contributed by atoms with E-state index in [9.17, 15) is 4.79 Å². The van der Waals surface area contributed by atoms with Crippen molar-refractivity contribution in [3.05, 3.63) is 35.9 Å². The number of carbonyl (C=O) groups is 1. The van der Waals surface area contributed by atoms with Gasteiger partial charge in [0.2, 0.25) is 5.91 Å². The minimum absolute atomic E-state index is 0.0269. The number of amides is 1. The average Bonchev–Trinajstić information content (AvgIpc) is 2.46. The lowest BCUT2D eigenvalue weighted by molar-refractivity contribution is -0.133. The molecule has 0 fully saturated rings. The number of hydrogen-bond acceptors (Lipinski definition) is 3. The topological polar surface area (TPSA) is 55.6 Å². The second kappa shape index (κ2) is 8.66. The molecular formula is C15H22N2O2S. The molecule has 0 aliphatic rings. The Bertz CT molecular complexity index is 437. The minimum Gasteiger partial charge on any atom is -0.393 e. The summed E-state index contributed by atoms with van der Waals surface area (Å²) in [4.78, 5) is 14.5. The SMILES string of the molecule is CCN(CCOC)C(=O)C(Cc1ccccc1)C(N)=S. The van der Waals surface area contributed by atoms with Crippen LogP contribution in [0.1, 0.15) is 12.5 Å². The third-order valence-electron chi connectivity index (χ3n) is 3.18. The maximum Gasteiger partial charge on any atom is 0.232 e. The molecule has 1 rings (SSSR count). The van der Waals surface area contributed by atoms with Crippen molar-refractivity contribution in [2.24, 2.45) is 11.7 Å². The lowest BCUT2D eigenvalue weighted by Crippen LogP contribution is -2.43. The van der Waals surface area contributed by atoms with E-state index in [0.29, 0.717) is 26.1 Å². The fourth-order valence-electron chi connectivity index (χ4n) is 2.01. The van der Waals surface area contributed by atoms with Crippen molar-refractivity contribution in [1.29, 1.82) is 0 Å². The van der Waals surface area contributed by atoms with Crippen LogP contribution in [0.2, 0.25) is 0 Å². The highest BCUT2D eigenvalue weighted by Gasteiger charge is 2.26. The Morgan fingerprint density at radius 2 is 2.05 bits per heavy atom. The van der Waals surface area contributed by atoms with Crippen LogP contribution in [0, 0.1) is 5.92 Å². The van der Waals surface area contributed by atoms with Gasteiger partial charge in [0, 0.05) is 20.2 Å². The molecule has 20 heavy (non-hydrogen) atoms. The number of thiocarbonyl (C=S) groups is 1. The molecule has 2 N–H and O–H groups in total. The third kappa shape index (κ3) is 4.90. The Labute approximate surface area is 125 Å². The van der Waals surface area contributed by atoms with Crippen molar-refractivity contribution in [2.75, 3.05) is 26.8 Å². The van der Waals surface area contributed by atoms with Crippen LogP contribution in [0.4, 0.5) is 0 Å². The van der Waals surface area contributed by atoms with Crippen LogP contribution in [0.25, 0.3) is 0 Å². The van der Waals surface area contributed by atoms with Crippen LogP contribution < -0.4 is 5.73 Å². The highest BCUT2D eigenvalue weighted by Crippen LogP contribution is 2.12. The summed E-state index contributed by atoms with van der Waals surface area (Å²) in [5.74, 6) is -0.481. The normalized spacial score (nSPS) is 11.9. The van der Waals surface area contributed by atoms with Gasteiger partial charge in [0.25, 0.3) is 0 Å². The molecule has 0 spiro atoms. The van der Waals surface area contributed by atoms with E-state index >= 15 is 0 Å². The predicted octanol–water partition coefficient (Wildman–Crippen LogP) is 1.63. The van der Waals surface area contributed by atoms with E-state index in [4.69, 9.17) is 22.7 Å². The molecule has 0 heterocycles. The van der Waals surface area contributed by atoms with Gasteiger partial charge in [-0.2, -0.15) is 0 Å². The first-order valence-electron chi connectivity index (χ1n) is 6.71. The van der Waals surface area contributed by atoms with Gasteiger partial charge in [0.15, 0.2) is 0 Å². The number of benzene rings is 1. The fraction of sp³-hybridized carbons (Fsp3) is 0.467. The second-order valence-electron chi connectivity index (χ2n) is 4.56. The molecule has 1 atom stereocenters. The summed E-state index contributed by atoms with van der Waals surface area (Å²) in [6.07, 6.45) is 0.540. The fourth-order valence-corrected chi connectivity index (χ4v) is 2.19. The number of rotatable bonds is 8. The molecule has 4 nitrogen and oxygen atoms in total. The van der Waals surface area contributed by atoms with Crippen LogP contribution in [0.5, 0.6) is 0 Å². The number of methoxy groups -OCH3 is 1. The van der Waals surface area contributed by atoms with Gasteiger partial charge in [-0.3, -0.25) is 4.79 Å². The quantitative estimate of drug-likeness (QED) is 0.740. The number of nitrogens with two attached hydrogens (primary N) is 1. The van der Waals surface area contributed by atoms with Crippen LogP contribution in [0.15, 0.2) is 30.3 Å². The molecule has 5 heteroatoms. The molecule has 0 aliphatic carbocycles. The summed E-state index contributed by atoms with van der Waals surface area (Å²) in [5, 5.41) is 0. The highest BCUT2D eigenvalue weighted by molar-refractivity contribution is 7.80. The number of carbonyl (C=O) groups excluding carboxylic acids is 1. The molecule has 1 aromatic rings. The van der Waals surface area contributed by atoms with Crippen molar-refractivity contribution >= 4 is 23.1 Å². The maximum atomic E-state index is 12.5. The predicted molar refractivity (Wildman–Crippen MR) is 84.6 cm³/mol. The Hall–Kier alpha value is -1.46. The summed E-state index contributed by atoms with van der Waals surface area (Å²) in [5.41, 5.74) is 6.82. The van der Waals surface area contributed by atoms with Crippen molar-refractivity contribution in [3.8, 4) is 0 Å². The van der Waals surface area contributed by atoms with Gasteiger partial charge in [-0.15, -0.1) is 0 Å². The summed E-state index contributed by atoms with van der Waals surface area (Å²) >= 11 is 5.07. The molecule has 0 aromatic heterocycles. The zero-order chi connectivity index (χ0) is 15.0. The van der Waals surface area contributed by atoms with Gasteiger partial charge in [0.05, 0.1) is 17.5 Å². The summed E-state index contributed by atoms with van der Waals surface area (Å²) in [6, 6.07) is 9.78. The van der Waals surface area contributed by atoms with Gasteiger partial charge in [-0.25, -0.2) is 0 Å². The molecule has 0 radical (unpaired) electrons. The lowest BCUT2D eigenvalue weighted by Gasteiger charge is -2.25. The van der Waals surface area contributed by atoms with E-state index in [0.717, 1.165) is 5.56 Å². The van der Waals surface area contributed by atoms with E-state index < -0.39 is 5.92 Å². The second-order valence-corrected chi connectivity index (χ2v) is 5.03. The van der Waals surface area contributed by atoms with E-state index in [1.807, 2.05) is 37.3 Å². The van der Waals surface area contributed by atoms with Gasteiger partial charge < -0.3 is 15.4 Å². The Balaban J connectivity index is 2.79. The molecule has 0 bridgehead atoms. The van der Waals surface area contributed by atoms with Crippen molar-refractivity contribution < 1.29 is 9.53 Å². The molecule has 1 unspecified atom stereocenters. The van der Waals surface area contributed by atoms with Crippen LogP contribution in [0.3, 0.4) is 0 Å². The van der Waals surface area contributed by atoms with Gasteiger partial charge in [-0.1, -0.05) is 42.5 Å². The molecule has 110 valence electrons. The van der Waals surface area contributed by atoms with Crippen molar-refractivity contribution in [2.45, 2.75) is 13.3 Å². The van der Waals surface area contributed by atoms with Gasteiger partial charge in [-0.05, 0) is 18.9 Å². The van der Waals surface area contributed by atoms with E-state index in [1.165, 1.54) is 0 Å². The molecule has 0 saturated heterocycles. The number of ether oxygens (including phenoxy) is 1. The molecule has 1 aromatic carbocycles. The zero-order valence-corrected chi connectivity index (χ0v) is 12.9. The first kappa shape index (κ1) is 16.6. The number of nitrogens with zero attached hydrogens (tertiary/aromatic N) is 1. The van der Waals surface area contributed by atoms with Crippen LogP contribution in [-0.2, 0) is 16.0 Å². The van der Waals surface area contributed by atoms with Gasteiger partial charge >= 0.3 is 0 Å². The first-order chi connectivity index (χ1) is 9.60. The van der Waals surface area contributed by atoms with Crippen molar-refractivity contribution in [3.63, 3.8) is 0 Å². The summed E-state index contributed by atoms with van der Waals surface area (Å²) in [6.45, 7) is 3.62. The standard InChI is InChI=1S/C15H22N2O2S/c1-3-17(9-10-19-2)15(18)13(14(16)20)11-12-7-5-4-6-8-12/h4-8,13H,3,9-11H2,1-2H3,(H2,16,20). The van der Waals surface area contributed by atoms with E-state index in [1.54, 1.807) is 12.0 Å². The Morgan fingerprint density at radius 3 is 2.55 bits per heavy atom. The monoisotopic (exact) mass is 294 g/mol. The summed E-state index contributed by atoms with van der Waals surface area (Å²) < 4.78 is 5.02. The molecule has 0 saturated carbocycles. The molecular weight excluding hydrogens is 272 g/mol. The van der Waals surface area contributed by atoms with Gasteiger partial charge in [0.1, 0.15) is 0 Å². The zero-order valence-electron chi connectivity index (χ0n) is 12.0. The van der Waals surface area contributed by atoms with Crippen LogP contribution in [-0.4, -0.2) is 42.6 Å².